The lowest BCUT2D eigenvalue weighted by molar-refractivity contribution is 0.294. The van der Waals surface area contributed by atoms with Gasteiger partial charge in [-0.15, -0.1) is 5.10 Å². The van der Waals surface area contributed by atoms with Crippen LogP contribution in [0.5, 0.6) is 5.88 Å². The molecule has 160 valence electrons. The Morgan fingerprint density at radius 3 is 2.59 bits per heavy atom. The van der Waals surface area contributed by atoms with E-state index in [9.17, 15) is 0 Å². The Morgan fingerprint density at radius 2 is 1.69 bits per heavy atom. The molecule has 0 unspecified atom stereocenters. The number of aryl methyl sites for hydroxylation is 1. The highest BCUT2D eigenvalue weighted by atomic mass is 35.5. The molecule has 3 aromatic carbocycles. The summed E-state index contributed by atoms with van der Waals surface area (Å²) in [6.07, 6.45) is 4.80. The second-order valence-corrected chi connectivity index (χ2v) is 8.48. The number of hydrogen-bond donors (Lipinski definition) is 0. The molecule has 0 spiro atoms. The van der Waals surface area contributed by atoms with Gasteiger partial charge >= 0.3 is 0 Å². The van der Waals surface area contributed by atoms with E-state index in [1.54, 1.807) is 16.8 Å². The third-order valence-electron chi connectivity index (χ3n) is 5.47. The van der Waals surface area contributed by atoms with Gasteiger partial charge in [-0.1, -0.05) is 53.5 Å². The van der Waals surface area contributed by atoms with Gasteiger partial charge < -0.3 is 4.74 Å². The molecule has 0 aliphatic rings. The van der Waals surface area contributed by atoms with E-state index in [2.05, 4.69) is 47.6 Å². The highest BCUT2D eigenvalue weighted by Crippen LogP contribution is 2.25. The number of para-hydroxylation sites is 1. The quantitative estimate of drug-likeness (QED) is 0.188. The van der Waals surface area contributed by atoms with Crippen LogP contribution < -0.4 is 4.74 Å². The van der Waals surface area contributed by atoms with Crippen LogP contribution in [0.1, 0.15) is 18.4 Å². The largest absolute Gasteiger partial charge is 0.477 e. The lowest BCUT2D eigenvalue weighted by atomic mass is 10.0. The molecule has 5 rings (SSSR count). The fourth-order valence-electron chi connectivity index (χ4n) is 3.83. The van der Waals surface area contributed by atoms with Crippen LogP contribution in [0.25, 0.3) is 27.5 Å². The average Bonchev–Trinajstić information content (AvgIpc) is 3.28. The minimum Gasteiger partial charge on any atom is -0.477 e. The SMILES string of the molecule is Clc1ccc(-n2ccc(OCCCCc3cccc4nc5ccccc5cc34)n2)cc1Cl. The fourth-order valence-corrected chi connectivity index (χ4v) is 4.12. The van der Waals surface area contributed by atoms with E-state index in [0.29, 0.717) is 22.5 Å². The number of hydrogen-bond acceptors (Lipinski definition) is 3. The first-order valence-corrected chi connectivity index (χ1v) is 11.3. The van der Waals surface area contributed by atoms with Crippen LogP contribution in [-0.2, 0) is 6.42 Å². The molecular formula is C26H21Cl2N3O. The molecule has 0 atom stereocenters. The summed E-state index contributed by atoms with van der Waals surface area (Å²) in [5.41, 5.74) is 4.24. The van der Waals surface area contributed by atoms with Crippen molar-refractivity contribution >= 4 is 45.0 Å². The van der Waals surface area contributed by atoms with Crippen molar-refractivity contribution in [3.05, 3.63) is 94.6 Å². The van der Waals surface area contributed by atoms with Crippen LogP contribution in [-0.4, -0.2) is 21.4 Å². The molecule has 6 heteroatoms. The van der Waals surface area contributed by atoms with Crippen molar-refractivity contribution in [3.8, 4) is 11.6 Å². The maximum absolute atomic E-state index is 6.10. The Labute approximate surface area is 196 Å². The van der Waals surface area contributed by atoms with Gasteiger partial charge in [0.2, 0.25) is 5.88 Å². The van der Waals surface area contributed by atoms with Gasteiger partial charge in [0.25, 0.3) is 0 Å². The average molecular weight is 462 g/mol. The van der Waals surface area contributed by atoms with Gasteiger partial charge in [0, 0.05) is 23.0 Å². The molecule has 32 heavy (non-hydrogen) atoms. The zero-order valence-electron chi connectivity index (χ0n) is 17.3. The van der Waals surface area contributed by atoms with Crippen molar-refractivity contribution < 1.29 is 4.74 Å². The van der Waals surface area contributed by atoms with Crippen LogP contribution in [0, 0.1) is 0 Å². The molecule has 0 bridgehead atoms. The second-order valence-electron chi connectivity index (χ2n) is 7.67. The minimum atomic E-state index is 0.499. The zero-order valence-corrected chi connectivity index (χ0v) is 18.9. The van der Waals surface area contributed by atoms with Crippen LogP contribution in [0.15, 0.2) is 79.0 Å². The summed E-state index contributed by atoms with van der Waals surface area (Å²) >= 11 is 12.1. The fraction of sp³-hybridized carbons (Fsp3) is 0.154. The van der Waals surface area contributed by atoms with Crippen molar-refractivity contribution in [3.63, 3.8) is 0 Å². The van der Waals surface area contributed by atoms with E-state index in [1.807, 2.05) is 24.4 Å². The molecule has 0 aliphatic heterocycles. The summed E-state index contributed by atoms with van der Waals surface area (Å²) in [5.74, 6) is 0.594. The molecule has 2 aromatic heterocycles. The number of halogens is 2. The molecule has 0 amide bonds. The Hall–Kier alpha value is -3.08. The first kappa shape index (κ1) is 20.8. The molecule has 5 aromatic rings. The van der Waals surface area contributed by atoms with Gasteiger partial charge in [-0.25, -0.2) is 9.67 Å². The van der Waals surface area contributed by atoms with Crippen molar-refractivity contribution in [2.75, 3.05) is 6.61 Å². The number of unbranched alkanes of at least 4 members (excludes halogenated alkanes) is 1. The van der Waals surface area contributed by atoms with E-state index in [4.69, 9.17) is 32.9 Å². The number of benzene rings is 3. The van der Waals surface area contributed by atoms with Gasteiger partial charge in [-0.2, -0.15) is 0 Å². The van der Waals surface area contributed by atoms with Crippen LogP contribution in [0.4, 0.5) is 0 Å². The van der Waals surface area contributed by atoms with Gasteiger partial charge in [0.15, 0.2) is 0 Å². The van der Waals surface area contributed by atoms with Crippen molar-refractivity contribution in [2.45, 2.75) is 19.3 Å². The standard InChI is InChI=1S/C26H21Cl2N3O/c27-22-12-11-20(17-23(22)28)31-14-13-26(30-31)32-15-4-3-6-18-8-5-10-25-21(18)16-19-7-1-2-9-24(19)29-25/h1-2,5,7-14,16-17H,3-4,6,15H2. The number of fused-ring (bicyclic) bond motifs is 2. The zero-order chi connectivity index (χ0) is 21.9. The summed E-state index contributed by atoms with van der Waals surface area (Å²) in [6, 6.07) is 24.1. The molecule has 0 fully saturated rings. The third kappa shape index (κ3) is 4.43. The van der Waals surface area contributed by atoms with Gasteiger partial charge in [0.05, 0.1) is 33.4 Å². The monoisotopic (exact) mass is 461 g/mol. The van der Waals surface area contributed by atoms with Crippen LogP contribution >= 0.6 is 23.2 Å². The Morgan fingerprint density at radius 1 is 0.812 bits per heavy atom. The molecule has 0 radical (unpaired) electrons. The smallest absolute Gasteiger partial charge is 0.233 e. The number of ether oxygens (including phenoxy) is 1. The van der Waals surface area contributed by atoms with Crippen molar-refractivity contribution in [1.29, 1.82) is 0 Å². The van der Waals surface area contributed by atoms with E-state index in [-0.39, 0.29) is 0 Å². The van der Waals surface area contributed by atoms with Crippen molar-refractivity contribution in [2.24, 2.45) is 0 Å². The number of pyridine rings is 1. The minimum absolute atomic E-state index is 0.499. The van der Waals surface area contributed by atoms with E-state index >= 15 is 0 Å². The maximum atomic E-state index is 6.10. The van der Waals surface area contributed by atoms with E-state index < -0.39 is 0 Å². The molecule has 4 nitrogen and oxygen atoms in total. The maximum Gasteiger partial charge on any atom is 0.233 e. The number of aromatic nitrogens is 3. The van der Waals surface area contributed by atoms with Crippen LogP contribution in [0.3, 0.4) is 0 Å². The molecule has 0 N–H and O–H groups in total. The topological polar surface area (TPSA) is 39.9 Å². The second kappa shape index (κ2) is 9.19. The van der Waals surface area contributed by atoms with Gasteiger partial charge in [-0.05, 0) is 61.2 Å². The van der Waals surface area contributed by atoms with Gasteiger partial charge in [0.1, 0.15) is 0 Å². The van der Waals surface area contributed by atoms with Crippen molar-refractivity contribution in [1.82, 2.24) is 14.8 Å². The van der Waals surface area contributed by atoms with Crippen LogP contribution in [0.2, 0.25) is 10.0 Å². The molecule has 0 aliphatic carbocycles. The molecule has 2 heterocycles. The van der Waals surface area contributed by atoms with E-state index in [0.717, 1.165) is 36.0 Å². The predicted octanol–water partition coefficient (Wildman–Crippen LogP) is 7.28. The molecule has 0 saturated carbocycles. The Kier molecular flexibility index (Phi) is 5.97. The lowest BCUT2D eigenvalue weighted by Crippen LogP contribution is -2.01. The number of nitrogens with zero attached hydrogens (tertiary/aromatic N) is 3. The number of rotatable bonds is 7. The third-order valence-corrected chi connectivity index (χ3v) is 6.21. The summed E-state index contributed by atoms with van der Waals surface area (Å²) < 4.78 is 7.57. The summed E-state index contributed by atoms with van der Waals surface area (Å²) in [5, 5.41) is 7.89. The normalized spacial score (nSPS) is 11.3. The van der Waals surface area contributed by atoms with E-state index in [1.165, 1.54) is 16.3 Å². The first-order chi connectivity index (χ1) is 15.7. The summed E-state index contributed by atoms with van der Waals surface area (Å²) in [7, 11) is 0. The highest BCUT2D eigenvalue weighted by Gasteiger charge is 2.07. The first-order valence-electron chi connectivity index (χ1n) is 10.6. The summed E-state index contributed by atoms with van der Waals surface area (Å²) in [4.78, 5) is 4.81. The van der Waals surface area contributed by atoms with Gasteiger partial charge in [-0.3, -0.25) is 0 Å². The summed E-state index contributed by atoms with van der Waals surface area (Å²) in [6.45, 7) is 0.615. The Bertz CT molecular complexity index is 1400. The molecule has 0 saturated heterocycles. The molecular weight excluding hydrogens is 441 g/mol. The predicted molar refractivity (Wildman–Crippen MR) is 131 cm³/mol. The highest BCUT2D eigenvalue weighted by molar-refractivity contribution is 6.42. The Balaban J connectivity index is 1.18. The lowest BCUT2D eigenvalue weighted by Gasteiger charge is -2.08.